The monoisotopic (exact) mass is 225 g/mol. The van der Waals surface area contributed by atoms with Gasteiger partial charge in [0.25, 0.3) is 0 Å². The number of allylic oxidation sites excluding steroid dienone is 1. The van der Waals surface area contributed by atoms with Crippen LogP contribution in [-0.2, 0) is 9.59 Å². The normalized spacial score (nSPS) is 18.4. The Morgan fingerprint density at radius 1 is 1.25 bits per heavy atom. The SMILES string of the molecule is NC(=CC(=O)CCC1CCCCC1)C(=O)O. The number of carboxylic acid groups (broad SMARTS) is 1. The third-order valence-corrected chi connectivity index (χ3v) is 3.09. The molecule has 0 aromatic heterocycles. The Hall–Kier alpha value is -1.32. The molecular formula is C12H19NO3. The van der Waals surface area contributed by atoms with Gasteiger partial charge in [-0.2, -0.15) is 0 Å². The van der Waals surface area contributed by atoms with Gasteiger partial charge in [-0.3, -0.25) is 4.79 Å². The van der Waals surface area contributed by atoms with E-state index >= 15 is 0 Å². The number of carbonyl (C=O) groups excluding carboxylic acids is 1. The van der Waals surface area contributed by atoms with Gasteiger partial charge in [-0.1, -0.05) is 32.1 Å². The quantitative estimate of drug-likeness (QED) is 0.699. The lowest BCUT2D eigenvalue weighted by Gasteiger charge is -2.20. The maximum absolute atomic E-state index is 11.4. The third kappa shape index (κ3) is 4.47. The molecule has 0 unspecified atom stereocenters. The van der Waals surface area contributed by atoms with E-state index in [1.807, 2.05) is 0 Å². The van der Waals surface area contributed by atoms with Crippen molar-refractivity contribution in [2.75, 3.05) is 0 Å². The van der Waals surface area contributed by atoms with Crippen LogP contribution in [0.5, 0.6) is 0 Å². The fourth-order valence-electron chi connectivity index (χ4n) is 2.13. The van der Waals surface area contributed by atoms with Crippen LogP contribution >= 0.6 is 0 Å². The fraction of sp³-hybridized carbons (Fsp3) is 0.667. The maximum atomic E-state index is 11.4. The lowest BCUT2D eigenvalue weighted by atomic mass is 9.85. The van der Waals surface area contributed by atoms with Crippen LogP contribution in [0, 0.1) is 5.92 Å². The zero-order valence-corrected chi connectivity index (χ0v) is 9.45. The standard InChI is InChI=1S/C12H19NO3/c13-11(12(15)16)8-10(14)7-6-9-4-2-1-3-5-9/h8-9H,1-7,13H2,(H,15,16). The minimum absolute atomic E-state index is 0.175. The van der Waals surface area contributed by atoms with Gasteiger partial charge in [0.05, 0.1) is 0 Å². The Kier molecular flexibility index (Phi) is 5.02. The van der Waals surface area contributed by atoms with Crippen molar-refractivity contribution in [3.63, 3.8) is 0 Å². The number of hydrogen-bond acceptors (Lipinski definition) is 3. The van der Waals surface area contributed by atoms with E-state index in [1.54, 1.807) is 0 Å². The van der Waals surface area contributed by atoms with E-state index in [1.165, 1.54) is 32.1 Å². The lowest BCUT2D eigenvalue weighted by molar-refractivity contribution is -0.133. The summed E-state index contributed by atoms with van der Waals surface area (Å²) >= 11 is 0. The van der Waals surface area contributed by atoms with Crippen molar-refractivity contribution >= 4 is 11.8 Å². The second kappa shape index (κ2) is 6.30. The molecule has 0 atom stereocenters. The number of aliphatic carboxylic acids is 1. The van der Waals surface area contributed by atoms with E-state index in [-0.39, 0.29) is 11.5 Å². The third-order valence-electron chi connectivity index (χ3n) is 3.09. The summed E-state index contributed by atoms with van der Waals surface area (Å²) in [4.78, 5) is 21.8. The first-order valence-electron chi connectivity index (χ1n) is 5.83. The number of hydrogen-bond donors (Lipinski definition) is 2. The molecule has 0 amide bonds. The van der Waals surface area contributed by atoms with Crippen molar-refractivity contribution in [1.82, 2.24) is 0 Å². The highest BCUT2D eigenvalue weighted by Gasteiger charge is 2.14. The average Bonchev–Trinajstić information content (AvgIpc) is 2.27. The highest BCUT2D eigenvalue weighted by molar-refractivity contribution is 5.98. The van der Waals surface area contributed by atoms with Gasteiger partial charge < -0.3 is 10.8 Å². The fourth-order valence-corrected chi connectivity index (χ4v) is 2.13. The minimum atomic E-state index is -1.23. The first-order chi connectivity index (χ1) is 7.59. The van der Waals surface area contributed by atoms with Crippen molar-refractivity contribution in [1.29, 1.82) is 0 Å². The molecule has 0 aliphatic heterocycles. The Labute approximate surface area is 95.5 Å². The molecule has 0 aromatic rings. The van der Waals surface area contributed by atoms with Gasteiger partial charge >= 0.3 is 5.97 Å². The summed E-state index contributed by atoms with van der Waals surface area (Å²) in [6.07, 6.45) is 8.52. The van der Waals surface area contributed by atoms with Gasteiger partial charge in [0.15, 0.2) is 5.78 Å². The molecule has 3 N–H and O–H groups in total. The summed E-state index contributed by atoms with van der Waals surface area (Å²) in [5, 5.41) is 8.50. The maximum Gasteiger partial charge on any atom is 0.351 e. The van der Waals surface area contributed by atoms with Crippen LogP contribution < -0.4 is 5.73 Å². The van der Waals surface area contributed by atoms with Gasteiger partial charge in [-0.05, 0) is 12.3 Å². The zero-order valence-electron chi connectivity index (χ0n) is 9.45. The van der Waals surface area contributed by atoms with Gasteiger partial charge in [0.2, 0.25) is 0 Å². The molecule has 0 spiro atoms. The van der Waals surface area contributed by atoms with E-state index in [4.69, 9.17) is 10.8 Å². The first-order valence-corrected chi connectivity index (χ1v) is 5.83. The summed E-state index contributed by atoms with van der Waals surface area (Å²) in [7, 11) is 0. The molecule has 0 aromatic carbocycles. The van der Waals surface area contributed by atoms with E-state index in [0.717, 1.165) is 12.5 Å². The highest BCUT2D eigenvalue weighted by atomic mass is 16.4. The number of carbonyl (C=O) groups is 2. The predicted molar refractivity (Wildman–Crippen MR) is 60.7 cm³/mol. The molecule has 90 valence electrons. The molecule has 0 heterocycles. The van der Waals surface area contributed by atoms with Crippen molar-refractivity contribution in [3.8, 4) is 0 Å². The van der Waals surface area contributed by atoms with Crippen LogP contribution in [-0.4, -0.2) is 16.9 Å². The molecule has 0 radical (unpaired) electrons. The molecule has 1 aliphatic rings. The van der Waals surface area contributed by atoms with E-state index in [2.05, 4.69) is 0 Å². The van der Waals surface area contributed by atoms with Gasteiger partial charge in [0.1, 0.15) is 5.70 Å². The number of rotatable bonds is 5. The van der Waals surface area contributed by atoms with Crippen LogP contribution in [0.3, 0.4) is 0 Å². The molecule has 0 bridgehead atoms. The van der Waals surface area contributed by atoms with Crippen LogP contribution in [0.1, 0.15) is 44.9 Å². The second-order valence-corrected chi connectivity index (χ2v) is 4.41. The number of ketones is 1. The summed E-state index contributed by atoms with van der Waals surface area (Å²) in [5.41, 5.74) is 4.80. The summed E-state index contributed by atoms with van der Waals surface area (Å²) in [5.74, 6) is -0.770. The summed E-state index contributed by atoms with van der Waals surface area (Å²) in [6, 6.07) is 0. The van der Waals surface area contributed by atoms with Crippen LogP contribution in [0.2, 0.25) is 0 Å². The highest BCUT2D eigenvalue weighted by Crippen LogP contribution is 2.27. The molecule has 4 heteroatoms. The second-order valence-electron chi connectivity index (χ2n) is 4.41. The molecule has 1 aliphatic carbocycles. The molecule has 1 saturated carbocycles. The van der Waals surface area contributed by atoms with Gasteiger partial charge in [-0.25, -0.2) is 4.79 Å². The van der Waals surface area contributed by atoms with E-state index in [0.29, 0.717) is 12.3 Å². The molecule has 0 saturated heterocycles. The van der Waals surface area contributed by atoms with Crippen LogP contribution in [0.25, 0.3) is 0 Å². The molecule has 1 fully saturated rings. The van der Waals surface area contributed by atoms with Gasteiger partial charge in [-0.15, -0.1) is 0 Å². The van der Waals surface area contributed by atoms with Crippen molar-refractivity contribution in [2.24, 2.45) is 11.7 Å². The van der Waals surface area contributed by atoms with Crippen molar-refractivity contribution in [3.05, 3.63) is 11.8 Å². The summed E-state index contributed by atoms with van der Waals surface area (Å²) in [6.45, 7) is 0. The average molecular weight is 225 g/mol. The van der Waals surface area contributed by atoms with Crippen LogP contribution in [0.4, 0.5) is 0 Å². The largest absolute Gasteiger partial charge is 0.477 e. The van der Waals surface area contributed by atoms with Gasteiger partial charge in [0, 0.05) is 12.5 Å². The predicted octanol–water partition coefficient (Wildman–Crippen LogP) is 1.84. The summed E-state index contributed by atoms with van der Waals surface area (Å²) < 4.78 is 0. The Morgan fingerprint density at radius 2 is 1.88 bits per heavy atom. The number of nitrogens with two attached hydrogens (primary N) is 1. The topological polar surface area (TPSA) is 80.4 Å². The Balaban J connectivity index is 2.29. The minimum Gasteiger partial charge on any atom is -0.477 e. The van der Waals surface area contributed by atoms with Crippen molar-refractivity contribution in [2.45, 2.75) is 44.9 Å². The van der Waals surface area contributed by atoms with Crippen molar-refractivity contribution < 1.29 is 14.7 Å². The Bertz CT molecular complexity index is 291. The smallest absolute Gasteiger partial charge is 0.351 e. The van der Waals surface area contributed by atoms with Crippen LogP contribution in [0.15, 0.2) is 11.8 Å². The lowest BCUT2D eigenvalue weighted by Crippen LogP contribution is -2.13. The van der Waals surface area contributed by atoms with E-state index < -0.39 is 5.97 Å². The molecule has 1 rings (SSSR count). The molecular weight excluding hydrogens is 206 g/mol. The molecule has 16 heavy (non-hydrogen) atoms. The molecule has 4 nitrogen and oxygen atoms in total. The van der Waals surface area contributed by atoms with E-state index in [9.17, 15) is 9.59 Å². The zero-order chi connectivity index (χ0) is 12.0. The first kappa shape index (κ1) is 12.7. The Morgan fingerprint density at radius 3 is 2.44 bits per heavy atom. The number of carboxylic acids is 1.